The van der Waals surface area contributed by atoms with Crippen LogP contribution in [0, 0.1) is 0 Å². The van der Waals surface area contributed by atoms with Gasteiger partial charge in [0.25, 0.3) is 0 Å². The number of fused-ring (bicyclic) bond motifs is 1. The number of amides is 1. The third-order valence-corrected chi connectivity index (χ3v) is 5.34. The Hall–Kier alpha value is -2.56. The highest BCUT2D eigenvalue weighted by Gasteiger charge is 2.36. The number of halogens is 1. The molecular formula is C24H32IN5O3. The molecule has 2 aliphatic rings. The van der Waals surface area contributed by atoms with Crippen molar-refractivity contribution < 1.29 is 14.3 Å². The van der Waals surface area contributed by atoms with Crippen LogP contribution in [0.4, 0.5) is 4.79 Å². The molecule has 178 valence electrons. The number of benzene rings is 1. The summed E-state index contributed by atoms with van der Waals surface area (Å²) in [7, 11) is 0. The summed E-state index contributed by atoms with van der Waals surface area (Å²) in [4.78, 5) is 25.4. The van der Waals surface area contributed by atoms with Crippen molar-refractivity contribution in [2.24, 2.45) is 4.99 Å². The van der Waals surface area contributed by atoms with Crippen LogP contribution in [-0.2, 0) is 17.9 Å². The molecule has 2 aliphatic heterocycles. The molecule has 1 aromatic heterocycles. The molecule has 1 atom stereocenters. The van der Waals surface area contributed by atoms with Gasteiger partial charge in [-0.1, -0.05) is 30.3 Å². The first-order valence-corrected chi connectivity index (χ1v) is 11.0. The molecule has 33 heavy (non-hydrogen) atoms. The van der Waals surface area contributed by atoms with Crippen LogP contribution < -0.4 is 10.1 Å². The number of piperazine rings is 1. The Balaban J connectivity index is 0.00000306. The summed E-state index contributed by atoms with van der Waals surface area (Å²) >= 11 is 0. The van der Waals surface area contributed by atoms with Crippen molar-refractivity contribution in [1.82, 2.24) is 20.1 Å². The highest BCUT2D eigenvalue weighted by atomic mass is 127. The largest absolute Gasteiger partial charge is 0.473 e. The first kappa shape index (κ1) is 25.1. The lowest BCUT2D eigenvalue weighted by molar-refractivity contribution is 0.0137. The summed E-state index contributed by atoms with van der Waals surface area (Å²) in [5, 5.41) is 3.44. The number of nitrogens with zero attached hydrogens (tertiary/aromatic N) is 4. The monoisotopic (exact) mass is 565 g/mol. The second-order valence-electron chi connectivity index (χ2n) is 9.07. The van der Waals surface area contributed by atoms with Crippen molar-refractivity contribution in [3.63, 3.8) is 0 Å². The van der Waals surface area contributed by atoms with Crippen molar-refractivity contribution in [3.05, 3.63) is 59.8 Å². The van der Waals surface area contributed by atoms with Gasteiger partial charge in [0, 0.05) is 38.4 Å². The van der Waals surface area contributed by atoms with Gasteiger partial charge in [-0.25, -0.2) is 9.78 Å². The first-order valence-electron chi connectivity index (χ1n) is 11.0. The van der Waals surface area contributed by atoms with Crippen LogP contribution in [0.1, 0.15) is 31.9 Å². The van der Waals surface area contributed by atoms with Gasteiger partial charge in [0.1, 0.15) is 12.2 Å². The molecule has 0 bridgehead atoms. The zero-order valence-electron chi connectivity index (χ0n) is 19.4. The molecule has 1 N–H and O–H groups in total. The minimum absolute atomic E-state index is 0. The number of rotatable bonds is 5. The average Bonchev–Trinajstić information content (AvgIpc) is 3.18. The zero-order chi connectivity index (χ0) is 22.6. The van der Waals surface area contributed by atoms with E-state index in [1.807, 2.05) is 63.2 Å². The second-order valence-corrected chi connectivity index (χ2v) is 9.07. The smallest absolute Gasteiger partial charge is 0.410 e. The second kappa shape index (κ2) is 11.0. The number of aliphatic imine (C=N–C) groups is 1. The molecule has 9 heteroatoms. The Morgan fingerprint density at radius 3 is 2.70 bits per heavy atom. The van der Waals surface area contributed by atoms with Gasteiger partial charge in [-0.15, -0.1) is 24.0 Å². The number of aromatic nitrogens is 1. The van der Waals surface area contributed by atoms with Gasteiger partial charge >= 0.3 is 6.09 Å². The molecule has 1 aromatic carbocycles. The molecular weight excluding hydrogens is 533 g/mol. The first-order chi connectivity index (χ1) is 15.4. The lowest BCUT2D eigenvalue weighted by Gasteiger charge is -2.39. The number of hydrogen-bond acceptors (Lipinski definition) is 7. The predicted octanol–water partition coefficient (Wildman–Crippen LogP) is 3.66. The Morgan fingerprint density at radius 2 is 1.94 bits per heavy atom. The van der Waals surface area contributed by atoms with E-state index in [1.54, 1.807) is 11.1 Å². The lowest BCUT2D eigenvalue weighted by Crippen LogP contribution is -2.57. The van der Waals surface area contributed by atoms with E-state index in [0.29, 0.717) is 38.7 Å². The minimum Gasteiger partial charge on any atom is -0.473 e. The number of nitrogens with one attached hydrogen (secondary N) is 1. The highest BCUT2D eigenvalue weighted by molar-refractivity contribution is 14.0. The number of carbonyl (C=O) groups is 1. The molecule has 1 saturated heterocycles. The summed E-state index contributed by atoms with van der Waals surface area (Å²) in [5.74, 6) is 1.48. The summed E-state index contributed by atoms with van der Waals surface area (Å²) in [6.45, 7) is 9.43. The van der Waals surface area contributed by atoms with Gasteiger partial charge < -0.3 is 24.6 Å². The molecule has 1 amide bonds. The van der Waals surface area contributed by atoms with Crippen LogP contribution in [0.25, 0.3) is 0 Å². The summed E-state index contributed by atoms with van der Waals surface area (Å²) < 4.78 is 11.3. The zero-order valence-corrected chi connectivity index (χ0v) is 21.7. The van der Waals surface area contributed by atoms with Gasteiger partial charge in [0.2, 0.25) is 5.88 Å². The quantitative estimate of drug-likeness (QED) is 0.558. The number of guanidine groups is 1. The van der Waals surface area contributed by atoms with Crippen LogP contribution in [0.3, 0.4) is 0 Å². The van der Waals surface area contributed by atoms with Crippen molar-refractivity contribution in [3.8, 4) is 5.88 Å². The fourth-order valence-electron chi connectivity index (χ4n) is 3.77. The van der Waals surface area contributed by atoms with Gasteiger partial charge in [0.15, 0.2) is 5.96 Å². The Kier molecular flexibility index (Phi) is 8.39. The maximum atomic E-state index is 12.4. The van der Waals surface area contributed by atoms with E-state index in [4.69, 9.17) is 9.47 Å². The molecule has 1 unspecified atom stereocenters. The number of carbonyl (C=O) groups excluding carboxylic acids is 1. The fraction of sp³-hybridized carbons (Fsp3) is 0.458. The van der Waals surface area contributed by atoms with E-state index in [0.717, 1.165) is 23.6 Å². The molecule has 2 aromatic rings. The Morgan fingerprint density at radius 1 is 1.15 bits per heavy atom. The minimum atomic E-state index is -0.485. The molecule has 0 radical (unpaired) electrons. The van der Waals surface area contributed by atoms with Gasteiger partial charge in [-0.3, -0.25) is 4.99 Å². The fourth-order valence-corrected chi connectivity index (χ4v) is 3.77. The van der Waals surface area contributed by atoms with E-state index < -0.39 is 5.60 Å². The van der Waals surface area contributed by atoms with Crippen LogP contribution >= 0.6 is 24.0 Å². The van der Waals surface area contributed by atoms with Crippen LogP contribution in [0.2, 0.25) is 0 Å². The van der Waals surface area contributed by atoms with Gasteiger partial charge in [-0.05, 0) is 38.0 Å². The van der Waals surface area contributed by atoms with E-state index in [2.05, 4.69) is 20.2 Å². The summed E-state index contributed by atoms with van der Waals surface area (Å²) in [6.07, 6.45) is 1.51. The standard InChI is InChI=1S/C24H31N5O3.HI/c1-24(2,3)32-23(30)28-11-12-29-20(16-28)15-27-22(29)26-14-19-9-10-25-21(13-19)31-17-18-7-5-4-6-8-18;/h4-10,13,20H,11-12,14-17H2,1-3H3,(H,26,27);1H. The number of ether oxygens (including phenoxy) is 2. The van der Waals surface area contributed by atoms with E-state index in [1.165, 1.54) is 0 Å². The van der Waals surface area contributed by atoms with Crippen LogP contribution in [0.5, 0.6) is 5.88 Å². The molecule has 3 heterocycles. The van der Waals surface area contributed by atoms with Gasteiger partial charge in [0.05, 0.1) is 12.6 Å². The third-order valence-electron chi connectivity index (χ3n) is 5.34. The van der Waals surface area contributed by atoms with Crippen LogP contribution in [-0.4, -0.2) is 64.7 Å². The molecule has 8 nitrogen and oxygen atoms in total. The Labute approximate surface area is 212 Å². The molecule has 0 spiro atoms. The third kappa shape index (κ3) is 6.96. The normalized spacial score (nSPS) is 17.5. The number of hydrogen-bond donors (Lipinski definition) is 1. The van der Waals surface area contributed by atoms with Crippen molar-refractivity contribution >= 4 is 36.0 Å². The molecule has 1 fully saturated rings. The highest BCUT2D eigenvalue weighted by Crippen LogP contribution is 2.19. The maximum Gasteiger partial charge on any atom is 0.410 e. The summed E-state index contributed by atoms with van der Waals surface area (Å²) in [6, 6.07) is 14.1. The van der Waals surface area contributed by atoms with E-state index >= 15 is 0 Å². The van der Waals surface area contributed by atoms with E-state index in [9.17, 15) is 4.79 Å². The number of pyridine rings is 1. The van der Waals surface area contributed by atoms with Crippen molar-refractivity contribution in [2.45, 2.75) is 45.6 Å². The predicted molar refractivity (Wildman–Crippen MR) is 138 cm³/mol. The van der Waals surface area contributed by atoms with Crippen molar-refractivity contribution in [2.75, 3.05) is 26.2 Å². The van der Waals surface area contributed by atoms with Crippen molar-refractivity contribution in [1.29, 1.82) is 0 Å². The molecule has 4 rings (SSSR count). The maximum absolute atomic E-state index is 12.4. The molecule has 0 saturated carbocycles. The van der Waals surface area contributed by atoms with E-state index in [-0.39, 0.29) is 36.1 Å². The summed E-state index contributed by atoms with van der Waals surface area (Å²) in [5.41, 5.74) is 1.69. The van der Waals surface area contributed by atoms with Crippen LogP contribution in [0.15, 0.2) is 53.7 Å². The average molecular weight is 565 g/mol. The van der Waals surface area contributed by atoms with Gasteiger partial charge in [-0.2, -0.15) is 0 Å². The topological polar surface area (TPSA) is 79.3 Å². The lowest BCUT2D eigenvalue weighted by atomic mass is 10.2. The SMILES string of the molecule is CC(C)(C)OC(=O)N1CCN2C(NCc3ccnc(OCc4ccccc4)c3)=NCC2C1.I. The molecule has 0 aliphatic carbocycles. The Bertz CT molecular complexity index is 964.